The van der Waals surface area contributed by atoms with E-state index in [1.807, 2.05) is 0 Å². The fraction of sp³-hybridized carbons (Fsp3) is 0.929. The average molecular weight is 242 g/mol. The molecule has 102 valence electrons. The van der Waals surface area contributed by atoms with Crippen LogP contribution in [0.5, 0.6) is 0 Å². The molecule has 0 aromatic carbocycles. The molecule has 17 heavy (non-hydrogen) atoms. The quantitative estimate of drug-likeness (QED) is 0.721. The van der Waals surface area contributed by atoms with E-state index in [0.717, 1.165) is 19.3 Å². The summed E-state index contributed by atoms with van der Waals surface area (Å²) < 4.78 is 0. The first-order chi connectivity index (χ1) is 7.74. The van der Waals surface area contributed by atoms with Gasteiger partial charge in [0.15, 0.2) is 0 Å². The number of rotatable bonds is 7. The van der Waals surface area contributed by atoms with Gasteiger partial charge >= 0.3 is 0 Å². The zero-order chi connectivity index (χ0) is 13.5. The van der Waals surface area contributed by atoms with Crippen molar-refractivity contribution >= 4 is 5.91 Å². The molecule has 3 N–H and O–H groups in total. The molecule has 1 amide bonds. The summed E-state index contributed by atoms with van der Waals surface area (Å²) in [4.78, 5) is 11.7. The molecule has 3 heteroatoms. The SMILES string of the molecule is CCC(N)CCNC(=O)CC(C)CC(C)(C)C. The highest BCUT2D eigenvalue weighted by Gasteiger charge is 2.17. The van der Waals surface area contributed by atoms with Crippen LogP contribution >= 0.6 is 0 Å². The summed E-state index contributed by atoms with van der Waals surface area (Å²) in [5.74, 6) is 0.597. The molecule has 0 heterocycles. The molecule has 0 radical (unpaired) electrons. The van der Waals surface area contributed by atoms with E-state index < -0.39 is 0 Å². The number of hydrogen-bond acceptors (Lipinski definition) is 2. The van der Waals surface area contributed by atoms with Crippen molar-refractivity contribution in [2.45, 2.75) is 66.3 Å². The predicted octanol–water partition coefficient (Wildman–Crippen LogP) is 2.69. The van der Waals surface area contributed by atoms with Crippen LogP contribution in [0.1, 0.15) is 60.3 Å². The van der Waals surface area contributed by atoms with Crippen molar-refractivity contribution < 1.29 is 4.79 Å². The Hall–Kier alpha value is -0.570. The molecule has 0 fully saturated rings. The summed E-state index contributed by atoms with van der Waals surface area (Å²) >= 11 is 0. The maximum Gasteiger partial charge on any atom is 0.220 e. The molecule has 0 saturated carbocycles. The van der Waals surface area contributed by atoms with Crippen molar-refractivity contribution in [3.05, 3.63) is 0 Å². The molecular weight excluding hydrogens is 212 g/mol. The Kier molecular flexibility index (Phi) is 7.44. The lowest BCUT2D eigenvalue weighted by atomic mass is 9.84. The van der Waals surface area contributed by atoms with E-state index in [0.29, 0.717) is 24.3 Å². The smallest absolute Gasteiger partial charge is 0.220 e. The molecular formula is C14H30N2O. The molecule has 0 aliphatic heterocycles. The van der Waals surface area contributed by atoms with Crippen LogP contribution in [0.3, 0.4) is 0 Å². The fourth-order valence-electron chi connectivity index (χ4n) is 2.11. The van der Waals surface area contributed by atoms with E-state index in [4.69, 9.17) is 5.73 Å². The normalized spacial score (nSPS) is 15.4. The maximum atomic E-state index is 11.7. The Morgan fingerprint density at radius 3 is 2.41 bits per heavy atom. The zero-order valence-corrected chi connectivity index (χ0v) is 12.2. The van der Waals surface area contributed by atoms with Gasteiger partial charge in [0.25, 0.3) is 0 Å². The van der Waals surface area contributed by atoms with Gasteiger partial charge in [-0.3, -0.25) is 4.79 Å². The molecule has 2 unspecified atom stereocenters. The first-order valence-corrected chi connectivity index (χ1v) is 6.77. The Morgan fingerprint density at radius 1 is 1.35 bits per heavy atom. The van der Waals surface area contributed by atoms with Crippen molar-refractivity contribution in [2.75, 3.05) is 6.54 Å². The molecule has 2 atom stereocenters. The van der Waals surface area contributed by atoms with E-state index in [2.05, 4.69) is 39.9 Å². The summed E-state index contributed by atoms with van der Waals surface area (Å²) in [6.07, 6.45) is 3.54. The van der Waals surface area contributed by atoms with E-state index in [1.54, 1.807) is 0 Å². The minimum Gasteiger partial charge on any atom is -0.356 e. The van der Waals surface area contributed by atoms with E-state index in [1.165, 1.54) is 0 Å². The van der Waals surface area contributed by atoms with Gasteiger partial charge in [-0.05, 0) is 30.6 Å². The Bertz CT molecular complexity index is 221. The zero-order valence-electron chi connectivity index (χ0n) is 12.2. The minimum atomic E-state index is 0.157. The van der Waals surface area contributed by atoms with Gasteiger partial charge in [-0.15, -0.1) is 0 Å². The number of hydrogen-bond donors (Lipinski definition) is 2. The third-order valence-electron chi connectivity index (χ3n) is 2.86. The van der Waals surface area contributed by atoms with E-state index in [-0.39, 0.29) is 11.9 Å². The van der Waals surface area contributed by atoms with Crippen LogP contribution in [0.4, 0.5) is 0 Å². The number of nitrogens with two attached hydrogens (primary N) is 1. The van der Waals surface area contributed by atoms with Gasteiger partial charge in [0, 0.05) is 19.0 Å². The van der Waals surface area contributed by atoms with Gasteiger partial charge < -0.3 is 11.1 Å². The largest absolute Gasteiger partial charge is 0.356 e. The third-order valence-corrected chi connectivity index (χ3v) is 2.86. The lowest BCUT2D eigenvalue weighted by molar-refractivity contribution is -0.122. The van der Waals surface area contributed by atoms with Crippen molar-refractivity contribution in [3.8, 4) is 0 Å². The second-order valence-corrected chi connectivity index (χ2v) is 6.38. The van der Waals surface area contributed by atoms with Crippen molar-refractivity contribution in [3.63, 3.8) is 0 Å². The van der Waals surface area contributed by atoms with Crippen molar-refractivity contribution in [1.29, 1.82) is 0 Å². The lowest BCUT2D eigenvalue weighted by Gasteiger charge is -2.22. The summed E-state index contributed by atoms with van der Waals surface area (Å²) in [6, 6.07) is 0.210. The van der Waals surface area contributed by atoms with E-state index >= 15 is 0 Å². The molecule has 0 aliphatic rings. The number of amides is 1. The van der Waals surface area contributed by atoms with Gasteiger partial charge in [0.05, 0.1) is 0 Å². The van der Waals surface area contributed by atoms with Gasteiger partial charge in [0.1, 0.15) is 0 Å². The van der Waals surface area contributed by atoms with Gasteiger partial charge in [-0.1, -0.05) is 34.6 Å². The maximum absolute atomic E-state index is 11.7. The van der Waals surface area contributed by atoms with E-state index in [9.17, 15) is 4.79 Å². The Morgan fingerprint density at radius 2 is 1.94 bits per heavy atom. The van der Waals surface area contributed by atoms with Gasteiger partial charge in [-0.2, -0.15) is 0 Å². The standard InChI is InChI=1S/C14H30N2O/c1-6-12(15)7-8-16-13(17)9-11(2)10-14(3,4)5/h11-12H,6-10,15H2,1-5H3,(H,16,17). The first kappa shape index (κ1) is 16.4. The van der Waals surface area contributed by atoms with Crippen LogP contribution in [-0.2, 0) is 4.79 Å². The summed E-state index contributed by atoms with van der Waals surface area (Å²) in [5, 5.41) is 2.95. The predicted molar refractivity (Wildman–Crippen MR) is 73.7 cm³/mol. The Balaban J connectivity index is 3.72. The van der Waals surface area contributed by atoms with Crippen LogP contribution in [0.2, 0.25) is 0 Å². The first-order valence-electron chi connectivity index (χ1n) is 6.77. The molecule has 0 bridgehead atoms. The number of carbonyl (C=O) groups excluding carboxylic acids is 1. The topological polar surface area (TPSA) is 55.1 Å². The Labute approximate surface area is 107 Å². The van der Waals surface area contributed by atoms with Crippen molar-refractivity contribution in [1.82, 2.24) is 5.32 Å². The fourth-order valence-corrected chi connectivity index (χ4v) is 2.11. The molecule has 3 nitrogen and oxygen atoms in total. The highest BCUT2D eigenvalue weighted by atomic mass is 16.1. The minimum absolute atomic E-state index is 0.157. The molecule has 0 aromatic heterocycles. The monoisotopic (exact) mass is 242 g/mol. The molecule has 0 aliphatic carbocycles. The molecule has 0 spiro atoms. The highest BCUT2D eigenvalue weighted by Crippen LogP contribution is 2.25. The third kappa shape index (κ3) is 10.3. The molecule has 0 rings (SSSR count). The van der Waals surface area contributed by atoms with Crippen LogP contribution in [0, 0.1) is 11.3 Å². The number of carbonyl (C=O) groups is 1. The highest BCUT2D eigenvalue weighted by molar-refractivity contribution is 5.76. The van der Waals surface area contributed by atoms with Crippen LogP contribution in [0.15, 0.2) is 0 Å². The van der Waals surface area contributed by atoms with Crippen LogP contribution in [-0.4, -0.2) is 18.5 Å². The van der Waals surface area contributed by atoms with Crippen molar-refractivity contribution in [2.24, 2.45) is 17.1 Å². The van der Waals surface area contributed by atoms with Crippen LogP contribution < -0.4 is 11.1 Å². The average Bonchev–Trinajstić information content (AvgIpc) is 2.13. The van der Waals surface area contributed by atoms with Gasteiger partial charge in [0.2, 0.25) is 5.91 Å². The number of nitrogens with one attached hydrogen (secondary N) is 1. The second kappa shape index (κ2) is 7.70. The van der Waals surface area contributed by atoms with Crippen LogP contribution in [0.25, 0.3) is 0 Å². The van der Waals surface area contributed by atoms with Gasteiger partial charge in [-0.25, -0.2) is 0 Å². The summed E-state index contributed by atoms with van der Waals surface area (Å²) in [6.45, 7) is 11.5. The second-order valence-electron chi connectivity index (χ2n) is 6.38. The lowest BCUT2D eigenvalue weighted by Crippen LogP contribution is -2.31. The summed E-state index contributed by atoms with van der Waals surface area (Å²) in [5.41, 5.74) is 6.09. The molecule has 0 aromatic rings. The molecule has 0 saturated heterocycles. The summed E-state index contributed by atoms with van der Waals surface area (Å²) in [7, 11) is 0.